The smallest absolute Gasteiger partial charge is 0.231 e. The summed E-state index contributed by atoms with van der Waals surface area (Å²) in [5.74, 6) is 0.586. The number of methoxy groups -OCH3 is 1. The summed E-state index contributed by atoms with van der Waals surface area (Å²) in [4.78, 5) is 7.22. The Bertz CT molecular complexity index is 385. The van der Waals surface area contributed by atoms with Crippen LogP contribution in [0.15, 0.2) is 0 Å². The first-order valence-electron chi connectivity index (χ1n) is 5.16. The maximum Gasteiger partial charge on any atom is 0.231 e. The second kappa shape index (κ2) is 3.87. The van der Waals surface area contributed by atoms with Gasteiger partial charge in [0.15, 0.2) is 5.13 Å². The highest BCUT2D eigenvalue weighted by Crippen LogP contribution is 2.47. The van der Waals surface area contributed by atoms with Crippen LogP contribution in [-0.4, -0.2) is 37.4 Å². The van der Waals surface area contributed by atoms with Crippen molar-refractivity contribution in [3.63, 3.8) is 0 Å². The number of thiazole rings is 1. The van der Waals surface area contributed by atoms with E-state index in [0.717, 1.165) is 10.0 Å². The standard InChI is InChI=1S/C10H17N3O2S/c1-13(2)9-12-8(15-3)7(16-9)10(11)4-6(14)5-10/h6,14H,4-5,11H2,1-3H3. The van der Waals surface area contributed by atoms with E-state index >= 15 is 0 Å². The molecule has 0 amide bonds. The van der Waals surface area contributed by atoms with Crippen LogP contribution in [0.4, 0.5) is 5.13 Å². The maximum atomic E-state index is 9.38. The molecule has 0 atom stereocenters. The molecule has 0 aliphatic heterocycles. The summed E-state index contributed by atoms with van der Waals surface area (Å²) in [5, 5.41) is 10.3. The molecule has 3 N–H and O–H groups in total. The highest BCUT2D eigenvalue weighted by molar-refractivity contribution is 7.16. The van der Waals surface area contributed by atoms with E-state index in [9.17, 15) is 5.11 Å². The van der Waals surface area contributed by atoms with E-state index in [0.29, 0.717) is 18.7 Å². The van der Waals surface area contributed by atoms with E-state index in [2.05, 4.69) is 4.98 Å². The minimum atomic E-state index is -0.462. The fraction of sp³-hybridized carbons (Fsp3) is 0.700. The van der Waals surface area contributed by atoms with Crippen LogP contribution in [0.5, 0.6) is 5.88 Å². The summed E-state index contributed by atoms with van der Waals surface area (Å²) in [6, 6.07) is 0. The van der Waals surface area contributed by atoms with Gasteiger partial charge in [0.05, 0.1) is 23.6 Å². The van der Waals surface area contributed by atoms with E-state index in [1.165, 1.54) is 11.3 Å². The molecule has 1 aromatic rings. The molecule has 2 rings (SSSR count). The van der Waals surface area contributed by atoms with Crippen LogP contribution in [0.25, 0.3) is 0 Å². The lowest BCUT2D eigenvalue weighted by atomic mass is 9.74. The molecule has 1 aliphatic carbocycles. The van der Waals surface area contributed by atoms with Crippen LogP contribution in [0.2, 0.25) is 0 Å². The summed E-state index contributed by atoms with van der Waals surface area (Å²) < 4.78 is 5.24. The monoisotopic (exact) mass is 243 g/mol. The SMILES string of the molecule is COc1nc(N(C)C)sc1C1(N)CC(O)C1. The molecule has 0 aromatic carbocycles. The third kappa shape index (κ3) is 1.77. The zero-order valence-corrected chi connectivity index (χ0v) is 10.5. The Kier molecular flexibility index (Phi) is 2.81. The van der Waals surface area contributed by atoms with Gasteiger partial charge in [0.25, 0.3) is 0 Å². The Morgan fingerprint density at radius 2 is 2.19 bits per heavy atom. The molecule has 5 nitrogen and oxygen atoms in total. The van der Waals surface area contributed by atoms with Crippen molar-refractivity contribution in [1.29, 1.82) is 0 Å². The maximum absolute atomic E-state index is 9.38. The van der Waals surface area contributed by atoms with Crippen molar-refractivity contribution < 1.29 is 9.84 Å². The first-order valence-corrected chi connectivity index (χ1v) is 5.97. The molecule has 1 saturated carbocycles. The number of anilines is 1. The van der Waals surface area contributed by atoms with Crippen LogP contribution in [-0.2, 0) is 5.54 Å². The second-order valence-electron chi connectivity index (χ2n) is 4.45. The summed E-state index contributed by atoms with van der Waals surface area (Å²) >= 11 is 1.53. The van der Waals surface area contributed by atoms with Gasteiger partial charge in [-0.1, -0.05) is 11.3 Å². The highest BCUT2D eigenvalue weighted by Gasteiger charge is 2.45. The third-order valence-electron chi connectivity index (χ3n) is 2.81. The van der Waals surface area contributed by atoms with Crippen LogP contribution in [0.1, 0.15) is 17.7 Å². The first-order chi connectivity index (χ1) is 7.46. The fourth-order valence-corrected chi connectivity index (χ4v) is 2.99. The predicted octanol–water partition coefficient (Wildman–Crippen LogP) is 0.526. The largest absolute Gasteiger partial charge is 0.480 e. The van der Waals surface area contributed by atoms with Gasteiger partial charge >= 0.3 is 0 Å². The Hall–Kier alpha value is -0.850. The van der Waals surface area contributed by atoms with E-state index < -0.39 is 5.54 Å². The summed E-state index contributed by atoms with van der Waals surface area (Å²) in [7, 11) is 5.46. The van der Waals surface area contributed by atoms with Crippen molar-refractivity contribution in [1.82, 2.24) is 4.98 Å². The lowest BCUT2D eigenvalue weighted by Crippen LogP contribution is -2.51. The lowest BCUT2D eigenvalue weighted by Gasteiger charge is -2.41. The number of nitrogens with two attached hydrogens (primary N) is 1. The molecule has 90 valence electrons. The number of hydrogen-bond acceptors (Lipinski definition) is 6. The fourth-order valence-electron chi connectivity index (χ4n) is 1.91. The second-order valence-corrected chi connectivity index (χ2v) is 5.42. The predicted molar refractivity (Wildman–Crippen MR) is 64.1 cm³/mol. The Balaban J connectivity index is 2.32. The number of aliphatic hydroxyl groups excluding tert-OH is 1. The van der Waals surface area contributed by atoms with Gasteiger partial charge in [-0.3, -0.25) is 0 Å². The molecule has 0 bridgehead atoms. The number of ether oxygens (including phenoxy) is 1. The normalized spacial score (nSPS) is 28.7. The molecule has 6 heteroatoms. The molecule has 0 spiro atoms. The molecular weight excluding hydrogens is 226 g/mol. The van der Waals surface area contributed by atoms with E-state index in [-0.39, 0.29) is 6.10 Å². The average Bonchev–Trinajstić information content (AvgIpc) is 2.59. The number of rotatable bonds is 3. The Morgan fingerprint density at radius 1 is 1.56 bits per heavy atom. The van der Waals surface area contributed by atoms with E-state index in [4.69, 9.17) is 10.5 Å². The van der Waals surface area contributed by atoms with E-state index in [1.807, 2.05) is 19.0 Å². The van der Waals surface area contributed by atoms with Crippen LogP contribution in [0, 0.1) is 0 Å². The van der Waals surface area contributed by atoms with Crippen molar-refractivity contribution in [3.05, 3.63) is 4.88 Å². The van der Waals surface area contributed by atoms with Gasteiger partial charge in [0.1, 0.15) is 0 Å². The van der Waals surface area contributed by atoms with Gasteiger partial charge in [-0.15, -0.1) is 0 Å². The molecule has 0 radical (unpaired) electrons. The molecule has 1 aliphatic rings. The van der Waals surface area contributed by atoms with Gasteiger partial charge < -0.3 is 20.5 Å². The van der Waals surface area contributed by atoms with Gasteiger partial charge in [-0.2, -0.15) is 4.98 Å². The van der Waals surface area contributed by atoms with Gasteiger partial charge in [-0.25, -0.2) is 0 Å². The van der Waals surface area contributed by atoms with Crippen molar-refractivity contribution in [2.45, 2.75) is 24.5 Å². The number of nitrogens with zero attached hydrogens (tertiary/aromatic N) is 2. The van der Waals surface area contributed by atoms with Crippen LogP contribution >= 0.6 is 11.3 Å². The van der Waals surface area contributed by atoms with Crippen molar-refractivity contribution in [2.24, 2.45) is 5.73 Å². The first kappa shape index (κ1) is 11.6. The average molecular weight is 243 g/mol. The summed E-state index contributed by atoms with van der Waals surface area (Å²) in [6.07, 6.45) is 0.872. The van der Waals surface area contributed by atoms with Crippen molar-refractivity contribution >= 4 is 16.5 Å². The summed E-state index contributed by atoms with van der Waals surface area (Å²) in [5.41, 5.74) is 5.75. The number of hydrogen-bond donors (Lipinski definition) is 2. The molecule has 0 saturated heterocycles. The number of aliphatic hydroxyl groups is 1. The summed E-state index contributed by atoms with van der Waals surface area (Å²) in [6.45, 7) is 0. The van der Waals surface area contributed by atoms with Crippen LogP contribution < -0.4 is 15.4 Å². The zero-order valence-electron chi connectivity index (χ0n) is 9.73. The molecule has 1 fully saturated rings. The molecule has 16 heavy (non-hydrogen) atoms. The van der Waals surface area contributed by atoms with Crippen LogP contribution in [0.3, 0.4) is 0 Å². The Morgan fingerprint density at radius 3 is 2.62 bits per heavy atom. The molecule has 1 aromatic heterocycles. The zero-order chi connectivity index (χ0) is 11.9. The Labute approximate surface area is 98.8 Å². The lowest BCUT2D eigenvalue weighted by molar-refractivity contribution is 0.0216. The quantitative estimate of drug-likeness (QED) is 0.810. The highest BCUT2D eigenvalue weighted by atomic mass is 32.1. The van der Waals surface area contributed by atoms with Gasteiger partial charge in [0, 0.05) is 14.1 Å². The van der Waals surface area contributed by atoms with E-state index in [1.54, 1.807) is 7.11 Å². The molecular formula is C10H17N3O2S. The van der Waals surface area contributed by atoms with Gasteiger partial charge in [-0.05, 0) is 12.8 Å². The minimum Gasteiger partial charge on any atom is -0.480 e. The van der Waals surface area contributed by atoms with Crippen molar-refractivity contribution in [3.8, 4) is 5.88 Å². The number of aromatic nitrogens is 1. The third-order valence-corrected chi connectivity index (χ3v) is 4.24. The topological polar surface area (TPSA) is 71.6 Å². The minimum absolute atomic E-state index is 0.292. The molecule has 0 unspecified atom stereocenters. The van der Waals surface area contributed by atoms with Gasteiger partial charge in [0.2, 0.25) is 5.88 Å². The molecule has 1 heterocycles. The van der Waals surface area contributed by atoms with Crippen molar-refractivity contribution in [2.75, 3.05) is 26.1 Å².